The van der Waals surface area contributed by atoms with E-state index in [1.807, 2.05) is 42.3 Å². The minimum absolute atomic E-state index is 0.0469. The molecule has 0 aromatic heterocycles. The van der Waals surface area contributed by atoms with Crippen LogP contribution in [-0.2, 0) is 11.3 Å². The Bertz CT molecular complexity index is 579. The van der Waals surface area contributed by atoms with Gasteiger partial charge >= 0.3 is 6.03 Å². The highest BCUT2D eigenvalue weighted by Gasteiger charge is 2.52. The number of nitrogens with zero attached hydrogens (tertiary/aromatic N) is 2. The fourth-order valence-corrected chi connectivity index (χ4v) is 3.58. The highest BCUT2D eigenvalue weighted by molar-refractivity contribution is 6.07. The summed E-state index contributed by atoms with van der Waals surface area (Å²) >= 11 is 0. The van der Waals surface area contributed by atoms with E-state index in [1.54, 1.807) is 0 Å². The minimum atomic E-state index is -0.642. The molecule has 2 fully saturated rings. The van der Waals surface area contributed by atoms with Crippen LogP contribution in [0.5, 0.6) is 0 Å². The maximum Gasteiger partial charge on any atom is 0.326 e. The van der Waals surface area contributed by atoms with Crippen LogP contribution in [0.15, 0.2) is 30.3 Å². The molecule has 1 aliphatic heterocycles. The molecule has 3 rings (SSSR count). The van der Waals surface area contributed by atoms with Crippen molar-refractivity contribution in [2.24, 2.45) is 5.92 Å². The lowest BCUT2D eigenvalue weighted by atomic mass is 9.77. The zero-order chi connectivity index (χ0) is 16.4. The van der Waals surface area contributed by atoms with Crippen LogP contribution >= 0.6 is 0 Å². The molecule has 0 radical (unpaired) electrons. The molecular weight excluding hydrogens is 290 g/mol. The molecule has 124 valence electrons. The first-order chi connectivity index (χ1) is 11.0. The maximum absolute atomic E-state index is 12.8. The molecule has 1 saturated carbocycles. The number of benzene rings is 1. The van der Waals surface area contributed by atoms with Gasteiger partial charge in [0.2, 0.25) is 0 Å². The SMILES string of the molecule is CC1CCC2(CC1)NC(=O)N(CN(C)Cc1ccccc1)C2=O. The van der Waals surface area contributed by atoms with Crippen molar-refractivity contribution in [2.75, 3.05) is 13.7 Å². The number of urea groups is 1. The molecule has 3 amide bonds. The quantitative estimate of drug-likeness (QED) is 0.869. The number of carbonyl (C=O) groups excluding carboxylic acids is 2. The molecule has 1 aromatic rings. The summed E-state index contributed by atoms with van der Waals surface area (Å²) in [5.74, 6) is 0.592. The Morgan fingerprint density at radius 1 is 1.22 bits per heavy atom. The second-order valence-electron chi connectivity index (χ2n) is 7.07. The summed E-state index contributed by atoms with van der Waals surface area (Å²) in [4.78, 5) is 28.5. The summed E-state index contributed by atoms with van der Waals surface area (Å²) in [6, 6.07) is 9.82. The molecule has 2 aliphatic rings. The van der Waals surface area contributed by atoms with Crippen LogP contribution in [0, 0.1) is 5.92 Å². The lowest BCUT2D eigenvalue weighted by Crippen LogP contribution is -2.49. The van der Waals surface area contributed by atoms with Crippen molar-refractivity contribution in [3.05, 3.63) is 35.9 Å². The van der Waals surface area contributed by atoms with Crippen LogP contribution in [0.4, 0.5) is 4.79 Å². The molecule has 1 N–H and O–H groups in total. The minimum Gasteiger partial charge on any atom is -0.323 e. The van der Waals surface area contributed by atoms with Gasteiger partial charge < -0.3 is 5.32 Å². The van der Waals surface area contributed by atoms with Gasteiger partial charge in [0.1, 0.15) is 5.54 Å². The fourth-order valence-electron chi connectivity index (χ4n) is 3.58. The molecule has 1 heterocycles. The Labute approximate surface area is 137 Å². The summed E-state index contributed by atoms with van der Waals surface area (Å²) in [5, 5.41) is 2.97. The number of carbonyl (C=O) groups is 2. The van der Waals surface area contributed by atoms with Crippen LogP contribution < -0.4 is 5.32 Å². The van der Waals surface area contributed by atoms with E-state index in [0.717, 1.165) is 25.7 Å². The highest BCUT2D eigenvalue weighted by atomic mass is 16.2. The van der Waals surface area contributed by atoms with Gasteiger partial charge in [-0.3, -0.25) is 9.69 Å². The van der Waals surface area contributed by atoms with E-state index >= 15 is 0 Å². The predicted molar refractivity (Wildman–Crippen MR) is 88.5 cm³/mol. The van der Waals surface area contributed by atoms with E-state index in [2.05, 4.69) is 12.2 Å². The van der Waals surface area contributed by atoms with Crippen LogP contribution in [-0.4, -0.2) is 41.0 Å². The van der Waals surface area contributed by atoms with Crippen LogP contribution in [0.1, 0.15) is 38.2 Å². The molecule has 5 nitrogen and oxygen atoms in total. The van der Waals surface area contributed by atoms with Gasteiger partial charge in [-0.15, -0.1) is 0 Å². The summed E-state index contributed by atoms with van der Waals surface area (Å²) in [5.41, 5.74) is 0.528. The molecular formula is C18H25N3O2. The molecule has 0 bridgehead atoms. The van der Waals surface area contributed by atoms with Gasteiger partial charge in [0.15, 0.2) is 0 Å². The van der Waals surface area contributed by atoms with Gasteiger partial charge in [0, 0.05) is 6.54 Å². The van der Waals surface area contributed by atoms with Crippen molar-refractivity contribution >= 4 is 11.9 Å². The second-order valence-corrected chi connectivity index (χ2v) is 7.07. The first-order valence-corrected chi connectivity index (χ1v) is 8.37. The lowest BCUT2D eigenvalue weighted by Gasteiger charge is -2.33. The van der Waals surface area contributed by atoms with Gasteiger partial charge in [0.05, 0.1) is 6.67 Å². The molecule has 5 heteroatoms. The smallest absolute Gasteiger partial charge is 0.323 e. The molecule has 0 atom stereocenters. The fraction of sp³-hybridized carbons (Fsp3) is 0.556. The van der Waals surface area contributed by atoms with Crippen LogP contribution in [0.2, 0.25) is 0 Å². The van der Waals surface area contributed by atoms with E-state index in [1.165, 1.54) is 10.5 Å². The Hall–Kier alpha value is -1.88. The summed E-state index contributed by atoms with van der Waals surface area (Å²) in [6.45, 7) is 3.25. The standard InChI is InChI=1S/C18H25N3O2/c1-14-8-10-18(11-9-14)16(22)21(17(23)19-18)13-20(2)12-15-6-4-3-5-7-15/h3-7,14H,8-13H2,1-2H3,(H,19,23). The second kappa shape index (κ2) is 6.32. The van der Waals surface area contributed by atoms with Gasteiger partial charge in [-0.05, 0) is 44.2 Å². The third-order valence-electron chi connectivity index (χ3n) is 5.05. The molecule has 1 aromatic carbocycles. The van der Waals surface area contributed by atoms with E-state index in [-0.39, 0.29) is 11.9 Å². The van der Waals surface area contributed by atoms with Crippen molar-refractivity contribution in [3.8, 4) is 0 Å². The third kappa shape index (κ3) is 3.24. The van der Waals surface area contributed by atoms with Crippen molar-refractivity contribution < 1.29 is 9.59 Å². The van der Waals surface area contributed by atoms with Gasteiger partial charge in [-0.1, -0.05) is 37.3 Å². The van der Waals surface area contributed by atoms with Gasteiger partial charge in [-0.25, -0.2) is 9.69 Å². The van der Waals surface area contributed by atoms with Gasteiger partial charge in [0.25, 0.3) is 5.91 Å². The Morgan fingerprint density at radius 2 is 1.87 bits per heavy atom. The van der Waals surface area contributed by atoms with Crippen molar-refractivity contribution in [3.63, 3.8) is 0 Å². The normalized spacial score (nSPS) is 27.8. The third-order valence-corrected chi connectivity index (χ3v) is 5.05. The van der Waals surface area contributed by atoms with Gasteiger partial charge in [-0.2, -0.15) is 0 Å². The van der Waals surface area contributed by atoms with E-state index in [9.17, 15) is 9.59 Å². The van der Waals surface area contributed by atoms with Crippen molar-refractivity contribution in [1.29, 1.82) is 0 Å². The molecule has 0 unspecified atom stereocenters. The Balaban J connectivity index is 1.64. The zero-order valence-corrected chi connectivity index (χ0v) is 13.9. The van der Waals surface area contributed by atoms with E-state index in [0.29, 0.717) is 19.1 Å². The Kier molecular flexibility index (Phi) is 4.39. The predicted octanol–water partition coefficient (Wildman–Crippen LogP) is 2.58. The summed E-state index contributed by atoms with van der Waals surface area (Å²) < 4.78 is 0. The monoisotopic (exact) mass is 315 g/mol. The summed E-state index contributed by atoms with van der Waals surface area (Å²) in [7, 11) is 1.93. The molecule has 23 heavy (non-hydrogen) atoms. The number of hydrogen-bond donors (Lipinski definition) is 1. The first kappa shape index (κ1) is 16.0. The number of amides is 3. The number of rotatable bonds is 4. The Morgan fingerprint density at radius 3 is 2.52 bits per heavy atom. The highest BCUT2D eigenvalue weighted by Crippen LogP contribution is 2.36. The topological polar surface area (TPSA) is 52.7 Å². The molecule has 1 spiro atoms. The average Bonchev–Trinajstić information content (AvgIpc) is 2.76. The molecule has 1 saturated heterocycles. The van der Waals surface area contributed by atoms with Crippen molar-refractivity contribution in [2.45, 2.75) is 44.7 Å². The number of hydrogen-bond acceptors (Lipinski definition) is 3. The van der Waals surface area contributed by atoms with Crippen LogP contribution in [0.25, 0.3) is 0 Å². The number of imide groups is 1. The van der Waals surface area contributed by atoms with E-state index < -0.39 is 5.54 Å². The average molecular weight is 315 g/mol. The van der Waals surface area contributed by atoms with E-state index in [4.69, 9.17) is 0 Å². The van der Waals surface area contributed by atoms with Crippen LogP contribution in [0.3, 0.4) is 0 Å². The summed E-state index contributed by atoms with van der Waals surface area (Å²) in [6.07, 6.45) is 3.52. The molecule has 1 aliphatic carbocycles. The zero-order valence-electron chi connectivity index (χ0n) is 13.9. The largest absolute Gasteiger partial charge is 0.326 e. The first-order valence-electron chi connectivity index (χ1n) is 8.37. The lowest BCUT2D eigenvalue weighted by molar-refractivity contribution is -0.134. The van der Waals surface area contributed by atoms with Crippen molar-refractivity contribution in [1.82, 2.24) is 15.1 Å². The maximum atomic E-state index is 12.8. The number of nitrogens with one attached hydrogen (secondary N) is 1.